The van der Waals surface area contributed by atoms with Crippen molar-refractivity contribution in [3.63, 3.8) is 0 Å². The van der Waals surface area contributed by atoms with Crippen molar-refractivity contribution in [3.05, 3.63) is 119 Å². The molecule has 0 aromatic heterocycles. The monoisotopic (exact) mass is 426 g/mol. The Morgan fingerprint density at radius 3 is 2.06 bits per heavy atom. The van der Waals surface area contributed by atoms with Gasteiger partial charge < -0.3 is 15.3 Å². The summed E-state index contributed by atoms with van der Waals surface area (Å²) in [4.78, 5) is 27.9. The fourth-order valence-corrected chi connectivity index (χ4v) is 4.37. The zero-order valence-corrected chi connectivity index (χ0v) is 17.9. The van der Waals surface area contributed by atoms with Crippen LogP contribution in [-0.4, -0.2) is 21.9 Å². The molecule has 2 unspecified atom stereocenters. The Morgan fingerprint density at radius 1 is 0.938 bits per heavy atom. The van der Waals surface area contributed by atoms with Crippen LogP contribution < -0.4 is 5.32 Å². The van der Waals surface area contributed by atoms with E-state index in [4.69, 9.17) is 0 Å². The van der Waals surface area contributed by atoms with Crippen molar-refractivity contribution >= 4 is 11.9 Å². The van der Waals surface area contributed by atoms with Crippen molar-refractivity contribution in [1.29, 1.82) is 0 Å². The van der Waals surface area contributed by atoms with Crippen LogP contribution in [0.5, 0.6) is 0 Å². The van der Waals surface area contributed by atoms with E-state index in [1.54, 1.807) is 4.90 Å². The van der Waals surface area contributed by atoms with Gasteiger partial charge in [0, 0.05) is 6.54 Å². The van der Waals surface area contributed by atoms with Crippen molar-refractivity contribution in [1.82, 2.24) is 10.2 Å². The van der Waals surface area contributed by atoms with Gasteiger partial charge in [-0.05, 0) is 23.1 Å². The zero-order chi connectivity index (χ0) is 22.5. The second-order valence-corrected chi connectivity index (χ2v) is 7.79. The summed E-state index contributed by atoms with van der Waals surface area (Å²) in [5, 5.41) is 13.3. The number of nitrogens with zero attached hydrogens (tertiary/aromatic N) is 1. The Bertz CT molecular complexity index is 1110. The normalized spacial score (nSPS) is 16.8. The first-order valence-corrected chi connectivity index (χ1v) is 10.8. The summed E-state index contributed by atoms with van der Waals surface area (Å²) in [7, 11) is 0. The van der Waals surface area contributed by atoms with Crippen LogP contribution in [0.2, 0.25) is 0 Å². The molecule has 0 saturated carbocycles. The van der Waals surface area contributed by atoms with Crippen LogP contribution >= 0.6 is 0 Å². The van der Waals surface area contributed by atoms with E-state index < -0.39 is 12.0 Å². The number of nitrogens with one attached hydrogen (secondary N) is 1. The summed E-state index contributed by atoms with van der Waals surface area (Å²) < 4.78 is 0. The first-order valence-electron chi connectivity index (χ1n) is 10.8. The molecule has 0 bridgehead atoms. The highest BCUT2D eigenvalue weighted by Crippen LogP contribution is 2.43. The second-order valence-electron chi connectivity index (χ2n) is 7.79. The van der Waals surface area contributed by atoms with Gasteiger partial charge in [0.2, 0.25) is 0 Å². The van der Waals surface area contributed by atoms with E-state index in [0.29, 0.717) is 13.0 Å². The lowest BCUT2D eigenvalue weighted by atomic mass is 9.95. The van der Waals surface area contributed by atoms with Gasteiger partial charge in [-0.3, -0.25) is 4.79 Å². The quantitative estimate of drug-likeness (QED) is 0.540. The number of aliphatic carboxylic acids is 1. The molecule has 1 aliphatic rings. The van der Waals surface area contributed by atoms with Gasteiger partial charge in [0.15, 0.2) is 0 Å². The molecule has 5 nitrogen and oxygen atoms in total. The topological polar surface area (TPSA) is 69.6 Å². The van der Waals surface area contributed by atoms with Gasteiger partial charge >= 0.3 is 5.97 Å². The number of hydrogen-bond acceptors (Lipinski definition) is 3. The highest BCUT2D eigenvalue weighted by atomic mass is 16.4. The maximum absolute atomic E-state index is 13.7. The van der Waals surface area contributed by atoms with Crippen LogP contribution in [0.4, 0.5) is 0 Å². The van der Waals surface area contributed by atoms with Gasteiger partial charge in [0.1, 0.15) is 5.70 Å². The number of carbonyl (C=O) groups is 2. The van der Waals surface area contributed by atoms with Gasteiger partial charge in [0.25, 0.3) is 5.91 Å². The van der Waals surface area contributed by atoms with Gasteiger partial charge in [-0.25, -0.2) is 4.79 Å². The van der Waals surface area contributed by atoms with E-state index in [1.165, 1.54) is 0 Å². The highest BCUT2D eigenvalue weighted by molar-refractivity contribution is 6.07. The van der Waals surface area contributed by atoms with Crippen LogP contribution in [0.15, 0.2) is 102 Å². The molecular formula is C27H26N2O3. The van der Waals surface area contributed by atoms with Crippen molar-refractivity contribution in [2.75, 3.05) is 0 Å². The van der Waals surface area contributed by atoms with E-state index in [0.717, 1.165) is 16.7 Å². The fraction of sp³-hybridized carbons (Fsp3) is 0.185. The number of carboxylic acids is 1. The summed E-state index contributed by atoms with van der Waals surface area (Å²) in [6.45, 7) is 2.39. The number of carboxylic acid groups (broad SMARTS) is 1. The van der Waals surface area contributed by atoms with E-state index >= 15 is 0 Å². The third-order valence-corrected chi connectivity index (χ3v) is 5.83. The molecule has 1 amide bonds. The number of hydrogen-bond donors (Lipinski definition) is 2. The molecular weight excluding hydrogens is 400 g/mol. The lowest BCUT2D eigenvalue weighted by Gasteiger charge is -2.34. The van der Waals surface area contributed by atoms with Gasteiger partial charge in [-0.2, -0.15) is 0 Å². The molecule has 5 heteroatoms. The summed E-state index contributed by atoms with van der Waals surface area (Å²) in [6, 6.07) is 27.9. The van der Waals surface area contributed by atoms with E-state index in [-0.39, 0.29) is 23.2 Å². The molecule has 162 valence electrons. The van der Waals surface area contributed by atoms with Crippen molar-refractivity contribution < 1.29 is 14.7 Å². The average molecular weight is 427 g/mol. The summed E-state index contributed by atoms with van der Waals surface area (Å²) in [5.74, 6) is -1.38. The lowest BCUT2D eigenvalue weighted by Crippen LogP contribution is -2.36. The Labute approximate surface area is 188 Å². The molecule has 2 N–H and O–H groups in total. The maximum atomic E-state index is 13.7. The minimum atomic E-state index is -1.09. The first kappa shape index (κ1) is 21.4. The molecule has 2 atom stereocenters. The molecule has 1 aliphatic heterocycles. The molecule has 0 fully saturated rings. The molecule has 3 aromatic carbocycles. The van der Waals surface area contributed by atoms with Crippen LogP contribution in [0.3, 0.4) is 0 Å². The van der Waals surface area contributed by atoms with Crippen LogP contribution in [0.1, 0.15) is 42.1 Å². The number of carbonyl (C=O) groups excluding carboxylic acids is 1. The molecule has 1 heterocycles. The molecule has 0 radical (unpaired) electrons. The average Bonchev–Trinajstić information content (AvgIpc) is 3.12. The summed E-state index contributed by atoms with van der Waals surface area (Å²) in [5.41, 5.74) is 2.99. The Morgan fingerprint density at radius 2 is 1.50 bits per heavy atom. The van der Waals surface area contributed by atoms with Gasteiger partial charge in [-0.15, -0.1) is 0 Å². The largest absolute Gasteiger partial charge is 0.478 e. The van der Waals surface area contributed by atoms with E-state index in [2.05, 4.69) is 5.32 Å². The number of amides is 1. The van der Waals surface area contributed by atoms with Crippen molar-refractivity contribution in [2.45, 2.75) is 32.0 Å². The molecule has 32 heavy (non-hydrogen) atoms. The Kier molecular flexibility index (Phi) is 6.36. The van der Waals surface area contributed by atoms with Crippen molar-refractivity contribution in [3.8, 4) is 0 Å². The van der Waals surface area contributed by atoms with E-state index in [1.807, 2.05) is 97.9 Å². The zero-order valence-electron chi connectivity index (χ0n) is 17.9. The fourth-order valence-electron chi connectivity index (χ4n) is 4.37. The molecule has 0 aliphatic carbocycles. The summed E-state index contributed by atoms with van der Waals surface area (Å²) >= 11 is 0. The maximum Gasteiger partial charge on any atom is 0.336 e. The third kappa shape index (κ3) is 4.14. The number of rotatable bonds is 8. The van der Waals surface area contributed by atoms with Crippen molar-refractivity contribution in [2.24, 2.45) is 0 Å². The second kappa shape index (κ2) is 9.52. The predicted molar refractivity (Wildman–Crippen MR) is 123 cm³/mol. The SMILES string of the molecule is CCC(c1ccccc1)N1C(=O)C(NCc2ccccc2)=C(C(=O)O)C1c1ccccc1. The van der Waals surface area contributed by atoms with Crippen LogP contribution in [0.25, 0.3) is 0 Å². The van der Waals surface area contributed by atoms with Crippen LogP contribution in [-0.2, 0) is 16.1 Å². The molecule has 0 saturated heterocycles. The minimum Gasteiger partial charge on any atom is -0.478 e. The standard InChI is InChI=1S/C27H26N2O3/c1-2-22(20-14-8-4-9-15-20)29-25(21-16-10-5-11-17-21)23(27(31)32)24(26(29)30)28-18-19-12-6-3-7-13-19/h3-17,22,25,28H,2,18H2,1H3,(H,31,32). The lowest BCUT2D eigenvalue weighted by molar-refractivity contribution is -0.133. The molecule has 4 rings (SSSR count). The van der Waals surface area contributed by atoms with E-state index in [9.17, 15) is 14.7 Å². The minimum absolute atomic E-state index is 0.0894. The van der Waals surface area contributed by atoms with Gasteiger partial charge in [0.05, 0.1) is 17.7 Å². The predicted octanol–water partition coefficient (Wildman–Crippen LogP) is 4.85. The van der Waals surface area contributed by atoms with Crippen LogP contribution in [0, 0.1) is 0 Å². The van der Waals surface area contributed by atoms with Gasteiger partial charge in [-0.1, -0.05) is 97.9 Å². The highest BCUT2D eigenvalue weighted by Gasteiger charge is 2.46. The summed E-state index contributed by atoms with van der Waals surface area (Å²) in [6.07, 6.45) is 0.665. The molecule has 3 aromatic rings. The number of benzene rings is 3. The Hall–Kier alpha value is -3.86. The Balaban J connectivity index is 1.79. The first-order chi connectivity index (χ1) is 15.6. The molecule has 0 spiro atoms. The third-order valence-electron chi connectivity index (χ3n) is 5.83. The smallest absolute Gasteiger partial charge is 0.336 e.